The minimum atomic E-state index is 0.185. The van der Waals surface area contributed by atoms with Crippen molar-refractivity contribution in [3.05, 3.63) is 0 Å². The fraction of sp³-hybridized carbons (Fsp3) is 0.923. The third kappa shape index (κ3) is 2.60. The Morgan fingerprint density at radius 1 is 1.20 bits per heavy atom. The smallest absolute Gasteiger partial charge is 0.149 e. The highest BCUT2D eigenvalue weighted by Gasteiger charge is 2.33. The second kappa shape index (κ2) is 5.11. The van der Waals surface area contributed by atoms with Crippen molar-refractivity contribution in [3.63, 3.8) is 0 Å². The number of carbonyl (C=O) groups excluding carboxylic acids is 1. The molecule has 0 amide bonds. The largest absolute Gasteiger partial charge is 0.304 e. The van der Waals surface area contributed by atoms with Crippen LogP contribution in [0.2, 0.25) is 0 Å². The molecule has 0 aromatic heterocycles. The second-order valence-electron chi connectivity index (χ2n) is 5.16. The summed E-state index contributed by atoms with van der Waals surface area (Å²) in [6.07, 6.45) is 9.53. The summed E-state index contributed by atoms with van der Waals surface area (Å²) in [5, 5.41) is 3.59. The molecule has 1 saturated heterocycles. The van der Waals surface area contributed by atoms with E-state index in [4.69, 9.17) is 0 Å². The summed E-state index contributed by atoms with van der Waals surface area (Å²) in [6.45, 7) is 2.09. The van der Waals surface area contributed by atoms with Gasteiger partial charge in [0, 0.05) is 12.5 Å². The Morgan fingerprint density at radius 2 is 2.00 bits per heavy atom. The highest BCUT2D eigenvalue weighted by molar-refractivity contribution is 5.84. The first-order valence-corrected chi connectivity index (χ1v) is 6.60. The first kappa shape index (κ1) is 11.1. The Hall–Kier alpha value is -0.370. The molecule has 0 spiro atoms. The summed E-state index contributed by atoms with van der Waals surface area (Å²) < 4.78 is 0. The Kier molecular flexibility index (Phi) is 3.79. The highest BCUT2D eigenvalue weighted by atomic mass is 16.1. The Balaban J connectivity index is 1.87. The normalized spacial score (nSPS) is 35.9. The van der Waals surface area contributed by atoms with E-state index in [1.165, 1.54) is 32.1 Å². The van der Waals surface area contributed by atoms with Crippen LogP contribution in [0.5, 0.6) is 0 Å². The Labute approximate surface area is 92.8 Å². The molecule has 0 bridgehead atoms. The summed E-state index contributed by atoms with van der Waals surface area (Å²) in [7, 11) is 0. The molecule has 1 N–H and O–H groups in total. The monoisotopic (exact) mass is 209 g/mol. The first-order chi connectivity index (χ1) is 7.31. The van der Waals surface area contributed by atoms with Gasteiger partial charge < -0.3 is 5.32 Å². The quantitative estimate of drug-likeness (QED) is 0.774. The van der Waals surface area contributed by atoms with Gasteiger partial charge in [-0.25, -0.2) is 0 Å². The lowest BCUT2D eigenvalue weighted by atomic mass is 9.77. The molecular formula is C13H23NO. The number of ketones is 1. The van der Waals surface area contributed by atoms with E-state index in [-0.39, 0.29) is 6.04 Å². The van der Waals surface area contributed by atoms with E-state index in [0.29, 0.717) is 11.8 Å². The zero-order chi connectivity index (χ0) is 10.7. The van der Waals surface area contributed by atoms with E-state index < -0.39 is 0 Å². The van der Waals surface area contributed by atoms with Crippen LogP contribution in [0.1, 0.15) is 58.3 Å². The maximum atomic E-state index is 11.8. The number of carbonyl (C=O) groups is 1. The van der Waals surface area contributed by atoms with Gasteiger partial charge in [0.2, 0.25) is 0 Å². The molecule has 2 nitrogen and oxygen atoms in total. The third-order valence-electron chi connectivity index (χ3n) is 4.04. The number of Topliss-reactive ketones (excluding diaryl/α,β-unsaturated/α-hetero) is 1. The Morgan fingerprint density at radius 3 is 2.80 bits per heavy atom. The zero-order valence-electron chi connectivity index (χ0n) is 9.80. The summed E-state index contributed by atoms with van der Waals surface area (Å²) in [5.41, 5.74) is 0. The SMILES string of the molecule is CCCC(=O)C1CCC2CCCCC2N1. The van der Waals surface area contributed by atoms with Gasteiger partial charge in [-0.1, -0.05) is 19.8 Å². The number of hydrogen-bond acceptors (Lipinski definition) is 2. The second-order valence-corrected chi connectivity index (χ2v) is 5.16. The summed E-state index contributed by atoms with van der Waals surface area (Å²) in [5.74, 6) is 1.31. The number of hydrogen-bond donors (Lipinski definition) is 1. The van der Waals surface area contributed by atoms with E-state index >= 15 is 0 Å². The molecule has 3 atom stereocenters. The number of fused-ring (bicyclic) bond motifs is 1. The minimum absolute atomic E-state index is 0.185. The molecule has 86 valence electrons. The van der Waals surface area contributed by atoms with Crippen molar-refractivity contribution in [2.75, 3.05) is 0 Å². The van der Waals surface area contributed by atoms with E-state index in [0.717, 1.165) is 25.2 Å². The van der Waals surface area contributed by atoms with Crippen LogP contribution in [0.3, 0.4) is 0 Å². The predicted octanol–water partition coefficient (Wildman–Crippen LogP) is 2.67. The molecule has 1 aliphatic heterocycles. The van der Waals surface area contributed by atoms with Crippen molar-refractivity contribution >= 4 is 5.78 Å². The van der Waals surface area contributed by atoms with Crippen molar-refractivity contribution in [1.29, 1.82) is 0 Å². The maximum absolute atomic E-state index is 11.8. The molecule has 0 aromatic carbocycles. The average molecular weight is 209 g/mol. The van der Waals surface area contributed by atoms with Crippen LogP contribution in [0, 0.1) is 5.92 Å². The molecule has 2 aliphatic rings. The lowest BCUT2D eigenvalue weighted by molar-refractivity contribution is -0.122. The molecule has 0 radical (unpaired) electrons. The number of piperidine rings is 1. The molecular weight excluding hydrogens is 186 g/mol. The van der Waals surface area contributed by atoms with Gasteiger partial charge in [0.1, 0.15) is 5.78 Å². The molecule has 0 aromatic rings. The van der Waals surface area contributed by atoms with Crippen LogP contribution in [-0.4, -0.2) is 17.9 Å². The standard InChI is InChI=1S/C13H23NO/c1-2-5-13(15)12-9-8-10-6-3-4-7-11(10)14-12/h10-12,14H,2-9H2,1H3. The zero-order valence-corrected chi connectivity index (χ0v) is 9.80. The molecule has 1 aliphatic carbocycles. The van der Waals surface area contributed by atoms with Gasteiger partial charge >= 0.3 is 0 Å². The first-order valence-electron chi connectivity index (χ1n) is 6.60. The van der Waals surface area contributed by atoms with Crippen LogP contribution in [-0.2, 0) is 4.79 Å². The lowest BCUT2D eigenvalue weighted by Crippen LogP contribution is -2.51. The van der Waals surface area contributed by atoms with Gasteiger partial charge in [0.05, 0.1) is 6.04 Å². The highest BCUT2D eigenvalue weighted by Crippen LogP contribution is 2.32. The van der Waals surface area contributed by atoms with Crippen LogP contribution >= 0.6 is 0 Å². The predicted molar refractivity (Wildman–Crippen MR) is 61.8 cm³/mol. The lowest BCUT2D eigenvalue weighted by Gasteiger charge is -2.40. The van der Waals surface area contributed by atoms with Gasteiger partial charge in [-0.15, -0.1) is 0 Å². The Bertz CT molecular complexity index is 227. The minimum Gasteiger partial charge on any atom is -0.304 e. The maximum Gasteiger partial charge on any atom is 0.149 e. The van der Waals surface area contributed by atoms with E-state index in [1.54, 1.807) is 0 Å². The topological polar surface area (TPSA) is 29.1 Å². The van der Waals surface area contributed by atoms with Gasteiger partial charge in [-0.3, -0.25) is 4.79 Å². The van der Waals surface area contributed by atoms with E-state index in [2.05, 4.69) is 12.2 Å². The summed E-state index contributed by atoms with van der Waals surface area (Å²) >= 11 is 0. The van der Waals surface area contributed by atoms with Crippen LogP contribution in [0.4, 0.5) is 0 Å². The van der Waals surface area contributed by atoms with Crippen LogP contribution in [0.25, 0.3) is 0 Å². The van der Waals surface area contributed by atoms with Gasteiger partial charge in [0.15, 0.2) is 0 Å². The third-order valence-corrected chi connectivity index (χ3v) is 4.04. The molecule has 15 heavy (non-hydrogen) atoms. The molecule has 2 fully saturated rings. The molecule has 3 unspecified atom stereocenters. The van der Waals surface area contributed by atoms with Crippen molar-refractivity contribution in [1.82, 2.24) is 5.32 Å². The summed E-state index contributed by atoms with van der Waals surface area (Å²) in [6, 6.07) is 0.836. The van der Waals surface area contributed by atoms with Crippen molar-refractivity contribution in [2.24, 2.45) is 5.92 Å². The molecule has 2 heteroatoms. The number of rotatable bonds is 3. The van der Waals surface area contributed by atoms with E-state index in [1.807, 2.05) is 0 Å². The van der Waals surface area contributed by atoms with Gasteiger partial charge in [-0.2, -0.15) is 0 Å². The summed E-state index contributed by atoms with van der Waals surface area (Å²) in [4.78, 5) is 11.8. The van der Waals surface area contributed by atoms with Crippen molar-refractivity contribution in [3.8, 4) is 0 Å². The number of nitrogens with one attached hydrogen (secondary N) is 1. The molecule has 1 heterocycles. The fourth-order valence-electron chi connectivity index (χ4n) is 3.17. The van der Waals surface area contributed by atoms with E-state index in [9.17, 15) is 4.79 Å². The molecule has 1 saturated carbocycles. The van der Waals surface area contributed by atoms with Crippen LogP contribution in [0.15, 0.2) is 0 Å². The fourth-order valence-corrected chi connectivity index (χ4v) is 3.17. The van der Waals surface area contributed by atoms with Crippen molar-refractivity contribution < 1.29 is 4.79 Å². The molecule has 2 rings (SSSR count). The van der Waals surface area contributed by atoms with Gasteiger partial charge in [-0.05, 0) is 38.0 Å². The van der Waals surface area contributed by atoms with Gasteiger partial charge in [0.25, 0.3) is 0 Å². The average Bonchev–Trinajstić information content (AvgIpc) is 2.29. The van der Waals surface area contributed by atoms with Crippen molar-refractivity contribution in [2.45, 2.75) is 70.4 Å². The van der Waals surface area contributed by atoms with Crippen LogP contribution < -0.4 is 5.32 Å².